The monoisotopic (exact) mass is 370 g/mol. The molecule has 1 aromatic carbocycles. The highest BCUT2D eigenvalue weighted by atomic mass is 32.2. The van der Waals surface area contributed by atoms with Gasteiger partial charge in [0.2, 0.25) is 0 Å². The predicted octanol–water partition coefficient (Wildman–Crippen LogP) is 2.22. The Morgan fingerprint density at radius 3 is 2.46 bits per heavy atom. The Balaban J connectivity index is 1.69. The SMILES string of the molecule is CSc1ncc(C(=O)Nc2cc3[nH]c(=O)[nH]c3cc2N2CCCC2)cn1. The van der Waals surface area contributed by atoms with E-state index in [1.54, 1.807) is 6.07 Å². The number of hydrogen-bond acceptors (Lipinski definition) is 6. The van der Waals surface area contributed by atoms with Crippen LogP contribution in [0.15, 0.2) is 34.5 Å². The Bertz CT molecular complexity index is 1000. The van der Waals surface area contributed by atoms with Gasteiger partial charge in [0.05, 0.1) is 28.0 Å². The van der Waals surface area contributed by atoms with Gasteiger partial charge in [-0.15, -0.1) is 0 Å². The highest BCUT2D eigenvalue weighted by Crippen LogP contribution is 2.32. The van der Waals surface area contributed by atoms with Crippen molar-refractivity contribution < 1.29 is 4.79 Å². The molecule has 3 heterocycles. The van der Waals surface area contributed by atoms with Crippen molar-refractivity contribution in [2.45, 2.75) is 18.0 Å². The molecule has 0 radical (unpaired) electrons. The maximum Gasteiger partial charge on any atom is 0.323 e. The number of thioether (sulfide) groups is 1. The molecular weight excluding hydrogens is 352 g/mol. The number of carbonyl (C=O) groups excluding carboxylic acids is 1. The van der Waals surface area contributed by atoms with Crippen LogP contribution in [0.25, 0.3) is 11.0 Å². The topological polar surface area (TPSA) is 107 Å². The minimum atomic E-state index is -0.282. The first-order chi connectivity index (χ1) is 12.6. The summed E-state index contributed by atoms with van der Waals surface area (Å²) in [5.74, 6) is -0.282. The second-order valence-electron chi connectivity index (χ2n) is 6.10. The molecular formula is C17H18N6O2S. The standard InChI is InChI=1S/C17H18N6O2S/c1-26-17-18-8-10(9-19-17)15(24)20-13-6-11-12(22-16(25)21-11)7-14(13)23-4-2-3-5-23/h6-9H,2-5H2,1H3,(H,20,24)(H2,21,22,25). The van der Waals surface area contributed by atoms with Crippen molar-refractivity contribution in [1.29, 1.82) is 0 Å². The number of aromatic amines is 2. The normalized spacial score (nSPS) is 14.1. The molecule has 0 atom stereocenters. The van der Waals surface area contributed by atoms with E-state index in [4.69, 9.17) is 0 Å². The lowest BCUT2D eigenvalue weighted by atomic mass is 10.2. The molecule has 1 amide bonds. The first-order valence-corrected chi connectivity index (χ1v) is 9.55. The van der Waals surface area contributed by atoms with E-state index in [-0.39, 0.29) is 11.6 Å². The molecule has 9 heteroatoms. The number of anilines is 2. The van der Waals surface area contributed by atoms with Crippen LogP contribution >= 0.6 is 11.8 Å². The van der Waals surface area contributed by atoms with Crippen molar-refractivity contribution >= 4 is 40.1 Å². The van der Waals surface area contributed by atoms with E-state index in [0.717, 1.165) is 37.1 Å². The van der Waals surface area contributed by atoms with Crippen LogP contribution in [-0.2, 0) is 0 Å². The van der Waals surface area contributed by atoms with E-state index < -0.39 is 0 Å². The Morgan fingerprint density at radius 2 is 1.81 bits per heavy atom. The zero-order valence-corrected chi connectivity index (χ0v) is 15.0. The van der Waals surface area contributed by atoms with Gasteiger partial charge in [-0.2, -0.15) is 0 Å². The summed E-state index contributed by atoms with van der Waals surface area (Å²) in [6.45, 7) is 1.85. The molecule has 0 spiro atoms. The molecule has 134 valence electrons. The number of hydrogen-bond donors (Lipinski definition) is 3. The number of nitrogens with zero attached hydrogens (tertiary/aromatic N) is 3. The van der Waals surface area contributed by atoms with Crippen LogP contribution in [0.3, 0.4) is 0 Å². The molecule has 1 fully saturated rings. The van der Waals surface area contributed by atoms with Gasteiger partial charge in [0.1, 0.15) is 0 Å². The van der Waals surface area contributed by atoms with E-state index in [0.29, 0.717) is 21.9 Å². The lowest BCUT2D eigenvalue weighted by Crippen LogP contribution is -2.21. The molecule has 3 aromatic rings. The van der Waals surface area contributed by atoms with Crippen molar-refractivity contribution in [1.82, 2.24) is 19.9 Å². The molecule has 0 aliphatic carbocycles. The first-order valence-electron chi connectivity index (χ1n) is 8.32. The highest BCUT2D eigenvalue weighted by molar-refractivity contribution is 7.98. The summed E-state index contributed by atoms with van der Waals surface area (Å²) in [7, 11) is 0. The molecule has 1 aliphatic heterocycles. The Morgan fingerprint density at radius 1 is 1.15 bits per heavy atom. The first kappa shape index (κ1) is 16.6. The molecule has 0 saturated carbocycles. The molecule has 1 saturated heterocycles. The van der Waals surface area contributed by atoms with Gasteiger partial charge in [-0.1, -0.05) is 11.8 Å². The molecule has 4 rings (SSSR count). The summed E-state index contributed by atoms with van der Waals surface area (Å²) in [6.07, 6.45) is 7.13. The minimum Gasteiger partial charge on any atom is -0.370 e. The van der Waals surface area contributed by atoms with Crippen molar-refractivity contribution in [2.75, 3.05) is 29.6 Å². The maximum absolute atomic E-state index is 12.6. The van der Waals surface area contributed by atoms with Crippen molar-refractivity contribution in [2.24, 2.45) is 0 Å². The molecule has 26 heavy (non-hydrogen) atoms. The number of H-pyrrole nitrogens is 2. The van der Waals surface area contributed by atoms with Gasteiger partial charge in [0, 0.05) is 25.5 Å². The third-order valence-electron chi connectivity index (χ3n) is 4.40. The van der Waals surface area contributed by atoms with Crippen LogP contribution < -0.4 is 15.9 Å². The van der Waals surface area contributed by atoms with Gasteiger partial charge < -0.3 is 20.2 Å². The summed E-state index contributed by atoms with van der Waals surface area (Å²) in [5, 5.41) is 3.56. The van der Waals surface area contributed by atoms with Crippen LogP contribution in [0.5, 0.6) is 0 Å². The number of aromatic nitrogens is 4. The zero-order chi connectivity index (χ0) is 18.1. The summed E-state index contributed by atoms with van der Waals surface area (Å²) < 4.78 is 0. The highest BCUT2D eigenvalue weighted by Gasteiger charge is 2.19. The summed E-state index contributed by atoms with van der Waals surface area (Å²) in [5.41, 5.74) is 3.06. The van der Waals surface area contributed by atoms with Crippen molar-refractivity contribution in [3.05, 3.63) is 40.6 Å². The summed E-state index contributed by atoms with van der Waals surface area (Å²) >= 11 is 1.42. The summed E-state index contributed by atoms with van der Waals surface area (Å²) in [4.78, 5) is 40.2. The predicted molar refractivity (Wildman–Crippen MR) is 102 cm³/mol. The van der Waals surface area contributed by atoms with Crippen LogP contribution in [0, 0.1) is 0 Å². The van der Waals surface area contributed by atoms with Crippen LogP contribution in [0.2, 0.25) is 0 Å². The van der Waals surface area contributed by atoms with Gasteiger partial charge >= 0.3 is 5.69 Å². The zero-order valence-electron chi connectivity index (χ0n) is 14.2. The van der Waals surface area contributed by atoms with Gasteiger partial charge in [0.25, 0.3) is 5.91 Å². The van der Waals surface area contributed by atoms with Gasteiger partial charge in [-0.05, 0) is 31.2 Å². The third kappa shape index (κ3) is 3.17. The maximum atomic E-state index is 12.6. The molecule has 8 nitrogen and oxygen atoms in total. The summed E-state index contributed by atoms with van der Waals surface area (Å²) in [6, 6.07) is 3.69. The van der Waals surface area contributed by atoms with E-state index >= 15 is 0 Å². The number of amides is 1. The second-order valence-corrected chi connectivity index (χ2v) is 6.87. The van der Waals surface area contributed by atoms with E-state index in [2.05, 4.69) is 30.2 Å². The van der Waals surface area contributed by atoms with E-state index in [1.807, 2.05) is 12.3 Å². The number of benzene rings is 1. The number of fused-ring (bicyclic) bond motifs is 1. The Kier molecular flexibility index (Phi) is 4.37. The van der Waals surface area contributed by atoms with Crippen molar-refractivity contribution in [3.63, 3.8) is 0 Å². The lowest BCUT2D eigenvalue weighted by molar-refractivity contribution is 0.102. The quantitative estimate of drug-likeness (QED) is 0.480. The van der Waals surface area contributed by atoms with Gasteiger partial charge in [-0.25, -0.2) is 14.8 Å². The van der Waals surface area contributed by atoms with Crippen LogP contribution in [0.1, 0.15) is 23.2 Å². The fourth-order valence-corrected chi connectivity index (χ4v) is 3.44. The smallest absolute Gasteiger partial charge is 0.323 e. The van der Waals surface area contributed by atoms with Crippen molar-refractivity contribution in [3.8, 4) is 0 Å². The fourth-order valence-electron chi connectivity index (χ4n) is 3.12. The second kappa shape index (κ2) is 6.83. The number of rotatable bonds is 4. The average molecular weight is 370 g/mol. The molecule has 0 bridgehead atoms. The van der Waals surface area contributed by atoms with Gasteiger partial charge in [0.15, 0.2) is 5.16 Å². The number of nitrogens with one attached hydrogen (secondary N) is 3. The molecule has 2 aromatic heterocycles. The molecule has 0 unspecified atom stereocenters. The Labute approximate surface area is 153 Å². The van der Waals surface area contributed by atoms with Gasteiger partial charge in [-0.3, -0.25) is 4.79 Å². The van der Waals surface area contributed by atoms with E-state index in [9.17, 15) is 9.59 Å². The molecule has 1 aliphatic rings. The third-order valence-corrected chi connectivity index (χ3v) is 4.98. The largest absolute Gasteiger partial charge is 0.370 e. The van der Waals surface area contributed by atoms with Crippen LogP contribution in [0.4, 0.5) is 11.4 Å². The fraction of sp³-hybridized carbons (Fsp3) is 0.294. The minimum absolute atomic E-state index is 0.267. The Hall–Kier alpha value is -2.81. The average Bonchev–Trinajstić information content (AvgIpc) is 3.29. The lowest BCUT2D eigenvalue weighted by Gasteiger charge is -2.21. The van der Waals surface area contributed by atoms with Crippen LogP contribution in [-0.4, -0.2) is 45.2 Å². The van der Waals surface area contributed by atoms with E-state index in [1.165, 1.54) is 24.2 Å². The number of imidazole rings is 1. The number of carbonyl (C=O) groups is 1. The molecule has 3 N–H and O–H groups in total.